The molecular formula is C14H23N3O2. The number of nitrogens with one attached hydrogen (secondary N) is 2. The molecule has 2 fully saturated rings. The largest absolute Gasteiger partial charge is 0.378 e. The van der Waals surface area contributed by atoms with E-state index in [2.05, 4.69) is 29.0 Å². The minimum atomic E-state index is -0.0532. The molecular weight excluding hydrogens is 242 g/mol. The summed E-state index contributed by atoms with van der Waals surface area (Å²) in [5, 5.41) is 3.51. The fourth-order valence-electron chi connectivity index (χ4n) is 2.30. The van der Waals surface area contributed by atoms with E-state index in [1.807, 2.05) is 0 Å². The van der Waals surface area contributed by atoms with Crippen molar-refractivity contribution in [2.24, 2.45) is 0 Å². The lowest BCUT2D eigenvalue weighted by Crippen LogP contribution is -2.62. The highest BCUT2D eigenvalue weighted by Gasteiger charge is 2.33. The van der Waals surface area contributed by atoms with Crippen LogP contribution in [0.25, 0.3) is 0 Å². The first kappa shape index (κ1) is 14.2. The van der Waals surface area contributed by atoms with Crippen molar-refractivity contribution in [2.75, 3.05) is 32.8 Å². The average molecular weight is 265 g/mol. The maximum Gasteiger partial charge on any atom is 0.247 e. The summed E-state index contributed by atoms with van der Waals surface area (Å²) >= 11 is 0. The number of aromatic nitrogens is 1. The van der Waals surface area contributed by atoms with Gasteiger partial charge in [0.25, 0.3) is 0 Å². The lowest BCUT2D eigenvalue weighted by molar-refractivity contribution is -0.0775. The molecule has 2 aliphatic rings. The number of H-pyrrole nitrogens is 1. The van der Waals surface area contributed by atoms with Gasteiger partial charge in [0, 0.05) is 37.4 Å². The van der Waals surface area contributed by atoms with Gasteiger partial charge in [0.1, 0.15) is 0 Å². The first-order chi connectivity index (χ1) is 9.07. The fraction of sp³-hybridized carbons (Fsp3) is 0.643. The van der Waals surface area contributed by atoms with Crippen molar-refractivity contribution in [2.45, 2.75) is 25.4 Å². The second-order valence-electron chi connectivity index (χ2n) is 5.70. The van der Waals surface area contributed by atoms with Crippen LogP contribution in [0.3, 0.4) is 0 Å². The van der Waals surface area contributed by atoms with E-state index in [4.69, 9.17) is 4.74 Å². The van der Waals surface area contributed by atoms with E-state index < -0.39 is 0 Å². The van der Waals surface area contributed by atoms with Crippen molar-refractivity contribution in [1.29, 1.82) is 0 Å². The van der Waals surface area contributed by atoms with Gasteiger partial charge in [-0.15, -0.1) is 0 Å². The normalized spacial score (nSPS) is 23.1. The number of hydrogen-bond donors (Lipinski definition) is 2. The van der Waals surface area contributed by atoms with Crippen LogP contribution in [0.2, 0.25) is 0 Å². The first-order valence-electron chi connectivity index (χ1n) is 6.77. The lowest BCUT2D eigenvalue weighted by Gasteiger charge is -2.45. The summed E-state index contributed by atoms with van der Waals surface area (Å²) in [6.45, 7) is 9.85. The summed E-state index contributed by atoms with van der Waals surface area (Å²) < 4.78 is 5.19. The Morgan fingerprint density at radius 3 is 2.58 bits per heavy atom. The van der Waals surface area contributed by atoms with E-state index in [0.717, 1.165) is 26.3 Å². The van der Waals surface area contributed by atoms with Gasteiger partial charge in [-0.3, -0.25) is 9.69 Å². The third kappa shape index (κ3) is 4.45. The molecule has 2 saturated heterocycles. The van der Waals surface area contributed by atoms with Crippen LogP contribution >= 0.6 is 0 Å². The zero-order valence-electron chi connectivity index (χ0n) is 11.7. The van der Waals surface area contributed by atoms with E-state index in [1.54, 1.807) is 18.3 Å². The summed E-state index contributed by atoms with van der Waals surface area (Å²) in [6, 6.07) is 5.63. The number of aromatic amines is 1. The quantitative estimate of drug-likeness (QED) is 0.774. The highest BCUT2D eigenvalue weighted by Crippen LogP contribution is 2.17. The van der Waals surface area contributed by atoms with Crippen molar-refractivity contribution in [1.82, 2.24) is 15.2 Å². The molecule has 0 amide bonds. The topological polar surface area (TPSA) is 57.4 Å². The third-order valence-electron chi connectivity index (χ3n) is 3.42. The van der Waals surface area contributed by atoms with Gasteiger partial charge in [-0.25, -0.2) is 0 Å². The molecule has 0 aliphatic carbocycles. The van der Waals surface area contributed by atoms with Crippen LogP contribution in [-0.2, 0) is 4.74 Å². The number of pyridine rings is 1. The second-order valence-corrected chi connectivity index (χ2v) is 5.70. The number of hydrogen-bond acceptors (Lipinski definition) is 4. The van der Waals surface area contributed by atoms with Gasteiger partial charge in [0.05, 0.1) is 19.3 Å². The third-order valence-corrected chi connectivity index (χ3v) is 3.42. The maximum absolute atomic E-state index is 10.2. The van der Waals surface area contributed by atoms with E-state index in [-0.39, 0.29) is 11.1 Å². The predicted octanol–water partition coefficient (Wildman–Crippen LogP) is 0.444. The molecule has 0 bridgehead atoms. The lowest BCUT2D eigenvalue weighted by atomic mass is 10.0. The van der Waals surface area contributed by atoms with Crippen LogP contribution in [0.5, 0.6) is 0 Å². The van der Waals surface area contributed by atoms with E-state index >= 15 is 0 Å². The number of ether oxygens (including phenoxy) is 1. The van der Waals surface area contributed by atoms with Crippen LogP contribution in [0.1, 0.15) is 13.8 Å². The minimum absolute atomic E-state index is 0.0532. The summed E-state index contributed by atoms with van der Waals surface area (Å²) in [4.78, 5) is 15.2. The minimum Gasteiger partial charge on any atom is -0.378 e. The average Bonchev–Trinajstić information content (AvgIpc) is 2.27. The van der Waals surface area contributed by atoms with E-state index in [1.165, 1.54) is 12.6 Å². The Morgan fingerprint density at radius 1 is 1.37 bits per heavy atom. The fourth-order valence-corrected chi connectivity index (χ4v) is 2.30. The Morgan fingerprint density at radius 2 is 2.16 bits per heavy atom. The van der Waals surface area contributed by atoms with E-state index in [9.17, 15) is 4.79 Å². The highest BCUT2D eigenvalue weighted by molar-refractivity contribution is 4.91. The van der Waals surface area contributed by atoms with Crippen LogP contribution in [0.4, 0.5) is 0 Å². The molecule has 106 valence electrons. The van der Waals surface area contributed by atoms with Crippen LogP contribution < -0.4 is 10.9 Å². The van der Waals surface area contributed by atoms with Gasteiger partial charge < -0.3 is 15.0 Å². The predicted molar refractivity (Wildman–Crippen MR) is 75.3 cm³/mol. The van der Waals surface area contributed by atoms with Crippen molar-refractivity contribution in [3.8, 4) is 0 Å². The van der Waals surface area contributed by atoms with Gasteiger partial charge in [-0.05, 0) is 19.9 Å². The molecule has 3 rings (SSSR count). The van der Waals surface area contributed by atoms with Crippen molar-refractivity contribution >= 4 is 0 Å². The van der Waals surface area contributed by atoms with Crippen molar-refractivity contribution in [3.05, 3.63) is 34.7 Å². The zero-order chi connectivity index (χ0) is 13.7. The van der Waals surface area contributed by atoms with Gasteiger partial charge in [-0.2, -0.15) is 0 Å². The smallest absolute Gasteiger partial charge is 0.247 e. The molecule has 0 aromatic carbocycles. The Balaban J connectivity index is 0.000000163. The second kappa shape index (κ2) is 6.32. The Kier molecular flexibility index (Phi) is 4.74. The molecule has 0 radical (unpaired) electrons. The summed E-state index contributed by atoms with van der Waals surface area (Å²) in [5.41, 5.74) is 0.232. The van der Waals surface area contributed by atoms with Crippen LogP contribution in [-0.4, -0.2) is 54.3 Å². The SMILES string of the molecule is CC1(C)CN(C2COC2)CCN1.O=c1cccc[nH]1. The summed E-state index contributed by atoms with van der Waals surface area (Å²) in [6.07, 6.45) is 1.60. The van der Waals surface area contributed by atoms with Gasteiger partial charge >= 0.3 is 0 Å². The molecule has 5 nitrogen and oxygen atoms in total. The summed E-state index contributed by atoms with van der Waals surface area (Å²) in [5.74, 6) is 0. The Labute approximate surface area is 114 Å². The molecule has 2 N–H and O–H groups in total. The van der Waals surface area contributed by atoms with Gasteiger partial charge in [0.2, 0.25) is 5.56 Å². The standard InChI is InChI=1S/C9H18N2O.C5H5NO/c1-9(2)7-11(4-3-10-9)8-5-12-6-8;7-5-3-1-2-4-6-5/h8,10H,3-7H2,1-2H3;1-4H,(H,6,7). The molecule has 0 spiro atoms. The maximum atomic E-state index is 10.2. The molecule has 0 saturated carbocycles. The first-order valence-corrected chi connectivity index (χ1v) is 6.77. The van der Waals surface area contributed by atoms with Gasteiger partial charge in [0.15, 0.2) is 0 Å². The Bertz CT molecular complexity index is 423. The monoisotopic (exact) mass is 265 g/mol. The molecule has 5 heteroatoms. The zero-order valence-corrected chi connectivity index (χ0v) is 11.7. The number of rotatable bonds is 1. The molecule has 0 unspecified atom stereocenters. The van der Waals surface area contributed by atoms with E-state index in [0.29, 0.717) is 6.04 Å². The molecule has 19 heavy (non-hydrogen) atoms. The molecule has 1 aromatic rings. The molecule has 3 heterocycles. The molecule has 1 aromatic heterocycles. The molecule has 2 aliphatic heterocycles. The highest BCUT2D eigenvalue weighted by atomic mass is 16.5. The summed E-state index contributed by atoms with van der Waals surface area (Å²) in [7, 11) is 0. The van der Waals surface area contributed by atoms with Crippen molar-refractivity contribution in [3.63, 3.8) is 0 Å². The van der Waals surface area contributed by atoms with Crippen molar-refractivity contribution < 1.29 is 4.74 Å². The van der Waals surface area contributed by atoms with Crippen LogP contribution in [0.15, 0.2) is 29.2 Å². The Hall–Kier alpha value is -1.17. The number of piperazine rings is 1. The molecule has 0 atom stereocenters. The number of nitrogens with zero attached hydrogens (tertiary/aromatic N) is 1. The van der Waals surface area contributed by atoms with Gasteiger partial charge in [-0.1, -0.05) is 6.07 Å². The van der Waals surface area contributed by atoms with Crippen LogP contribution in [0, 0.1) is 0 Å².